The minimum atomic E-state index is -4.62. The van der Waals surface area contributed by atoms with Crippen LogP contribution in [0.4, 0.5) is 13.2 Å². The summed E-state index contributed by atoms with van der Waals surface area (Å²) in [4.78, 5) is 30.4. The zero-order valence-electron chi connectivity index (χ0n) is 17.2. The van der Waals surface area contributed by atoms with E-state index in [4.69, 9.17) is 9.47 Å². The van der Waals surface area contributed by atoms with Gasteiger partial charge in [0.1, 0.15) is 12.4 Å². The number of halogens is 3. The molecule has 2 fully saturated rings. The Morgan fingerprint density at radius 1 is 1.19 bits per heavy atom. The molecule has 0 bridgehead atoms. The molecule has 1 saturated heterocycles. The number of fused-ring (bicyclic) bond motifs is 1. The first-order chi connectivity index (χ1) is 14.8. The molecule has 0 N–H and O–H groups in total. The Balaban J connectivity index is 1.77. The minimum absolute atomic E-state index is 0.0262. The molecular formula is C23H24F3NO4. The molecule has 3 aliphatic rings. The Kier molecular flexibility index (Phi) is 6.01. The fourth-order valence-corrected chi connectivity index (χ4v) is 4.77. The molecule has 4 rings (SSSR count). The number of hydrogen-bond donors (Lipinski definition) is 0. The molecule has 5 nitrogen and oxygen atoms in total. The number of carbonyl (C=O) groups is 2. The summed E-state index contributed by atoms with van der Waals surface area (Å²) in [6.45, 7) is 2.21. The summed E-state index contributed by atoms with van der Waals surface area (Å²) in [6.07, 6.45) is -1.82. The summed E-state index contributed by atoms with van der Waals surface area (Å²) >= 11 is 0. The average molecular weight is 435 g/mol. The summed E-state index contributed by atoms with van der Waals surface area (Å²) in [5.41, 5.74) is -0.0618. The molecule has 2 heterocycles. The van der Waals surface area contributed by atoms with Crippen LogP contribution >= 0.6 is 0 Å². The lowest BCUT2D eigenvalue weighted by Crippen LogP contribution is -2.40. The molecule has 1 aromatic rings. The van der Waals surface area contributed by atoms with E-state index in [0.717, 1.165) is 18.9 Å². The molecule has 31 heavy (non-hydrogen) atoms. The normalized spacial score (nSPS) is 26.5. The van der Waals surface area contributed by atoms with Gasteiger partial charge in [-0.25, -0.2) is 4.79 Å². The van der Waals surface area contributed by atoms with Gasteiger partial charge in [-0.2, -0.15) is 13.2 Å². The van der Waals surface area contributed by atoms with Crippen molar-refractivity contribution in [3.05, 3.63) is 46.7 Å². The van der Waals surface area contributed by atoms with Crippen LogP contribution in [0.3, 0.4) is 0 Å². The van der Waals surface area contributed by atoms with Gasteiger partial charge in [-0.3, -0.25) is 9.79 Å². The third-order valence-electron chi connectivity index (χ3n) is 6.15. The van der Waals surface area contributed by atoms with Crippen LogP contribution in [0.15, 0.2) is 40.5 Å². The van der Waals surface area contributed by atoms with E-state index in [9.17, 15) is 22.8 Å². The lowest BCUT2D eigenvalue weighted by molar-refractivity contribution is -0.143. The Morgan fingerprint density at radius 2 is 1.97 bits per heavy atom. The lowest BCUT2D eigenvalue weighted by Gasteiger charge is -2.36. The van der Waals surface area contributed by atoms with Gasteiger partial charge in [0, 0.05) is 30.4 Å². The number of ketones is 1. The second-order valence-electron chi connectivity index (χ2n) is 8.20. The summed E-state index contributed by atoms with van der Waals surface area (Å²) in [5, 5.41) is 0. The van der Waals surface area contributed by atoms with Crippen LogP contribution in [0.2, 0.25) is 0 Å². The topological polar surface area (TPSA) is 65.0 Å². The van der Waals surface area contributed by atoms with Crippen molar-refractivity contribution in [1.29, 1.82) is 0 Å². The first-order valence-electron chi connectivity index (χ1n) is 10.5. The van der Waals surface area contributed by atoms with Crippen molar-refractivity contribution < 1.29 is 32.2 Å². The number of allylic oxidation sites excluding steroid dienone is 1. The van der Waals surface area contributed by atoms with Crippen LogP contribution in [0.1, 0.15) is 56.1 Å². The van der Waals surface area contributed by atoms with Gasteiger partial charge in [0.15, 0.2) is 0 Å². The van der Waals surface area contributed by atoms with Gasteiger partial charge in [0.2, 0.25) is 0 Å². The van der Waals surface area contributed by atoms with Gasteiger partial charge in [0.25, 0.3) is 0 Å². The van der Waals surface area contributed by atoms with E-state index in [1.54, 1.807) is 6.92 Å². The number of nitrogens with zero attached hydrogens (tertiary/aromatic N) is 1. The standard InChI is InChI=1S/C23H24F3NO4/c1-13-19(22(29)31-12-14-6-5-11-30-14)20(21-17(27-13)9-4-10-18(21)28)15-7-2-3-8-16(15)23(24,25)26/h2-3,7-8,14,20-21H,4-6,9-12H2,1H3/t14-,20-,21-/m0/s1. The number of benzene rings is 1. The highest BCUT2D eigenvalue weighted by Gasteiger charge is 2.47. The van der Waals surface area contributed by atoms with Gasteiger partial charge < -0.3 is 9.47 Å². The first-order valence-corrected chi connectivity index (χ1v) is 10.5. The molecule has 0 aromatic heterocycles. The first kappa shape index (κ1) is 21.7. The SMILES string of the molecule is CC1=C(C(=O)OC[C@@H]2CCCO2)[C@H](c2ccccc2C(F)(F)F)[C@@H]2C(=O)CCCC2=N1. The van der Waals surface area contributed by atoms with E-state index in [1.807, 2.05) is 0 Å². The molecule has 0 radical (unpaired) electrons. The number of alkyl halides is 3. The van der Waals surface area contributed by atoms with Gasteiger partial charge in [-0.15, -0.1) is 0 Å². The molecular weight excluding hydrogens is 411 g/mol. The monoisotopic (exact) mass is 435 g/mol. The van der Waals surface area contributed by atoms with E-state index < -0.39 is 29.5 Å². The predicted molar refractivity (Wildman–Crippen MR) is 107 cm³/mol. The fraction of sp³-hybridized carbons (Fsp3) is 0.522. The Bertz CT molecular complexity index is 944. The lowest BCUT2D eigenvalue weighted by atomic mass is 9.68. The second kappa shape index (κ2) is 8.57. The van der Waals surface area contributed by atoms with E-state index >= 15 is 0 Å². The van der Waals surface area contributed by atoms with Crippen molar-refractivity contribution in [3.63, 3.8) is 0 Å². The van der Waals surface area contributed by atoms with Crippen molar-refractivity contribution in [1.82, 2.24) is 0 Å². The molecule has 3 atom stereocenters. The number of carbonyl (C=O) groups excluding carboxylic acids is 2. The number of esters is 1. The van der Waals surface area contributed by atoms with Crippen LogP contribution < -0.4 is 0 Å². The Hall–Kier alpha value is -2.48. The summed E-state index contributed by atoms with van der Waals surface area (Å²) < 4.78 is 52.4. The Labute approximate surface area is 178 Å². The molecule has 1 aromatic carbocycles. The van der Waals surface area contributed by atoms with Crippen molar-refractivity contribution in [2.45, 2.75) is 57.2 Å². The zero-order valence-corrected chi connectivity index (χ0v) is 17.2. The fourth-order valence-electron chi connectivity index (χ4n) is 4.77. The van der Waals surface area contributed by atoms with Gasteiger partial charge in [-0.05, 0) is 44.2 Å². The third kappa shape index (κ3) is 4.31. The smallest absolute Gasteiger partial charge is 0.416 e. The third-order valence-corrected chi connectivity index (χ3v) is 6.15. The molecule has 0 spiro atoms. The maximum absolute atomic E-state index is 13.8. The van der Waals surface area contributed by atoms with Crippen molar-refractivity contribution in [2.24, 2.45) is 10.9 Å². The van der Waals surface area contributed by atoms with Crippen LogP contribution in [-0.2, 0) is 25.2 Å². The van der Waals surface area contributed by atoms with Crippen LogP contribution in [0, 0.1) is 5.92 Å². The maximum atomic E-state index is 13.8. The highest BCUT2D eigenvalue weighted by molar-refractivity contribution is 6.11. The summed E-state index contributed by atoms with van der Waals surface area (Å²) in [6, 6.07) is 5.13. The number of hydrogen-bond acceptors (Lipinski definition) is 5. The van der Waals surface area contributed by atoms with E-state index in [-0.39, 0.29) is 36.1 Å². The van der Waals surface area contributed by atoms with Crippen LogP contribution in [0.25, 0.3) is 0 Å². The molecule has 2 aliphatic heterocycles. The minimum Gasteiger partial charge on any atom is -0.460 e. The van der Waals surface area contributed by atoms with Crippen LogP contribution in [0.5, 0.6) is 0 Å². The quantitative estimate of drug-likeness (QED) is 0.648. The summed E-state index contributed by atoms with van der Waals surface area (Å²) in [7, 11) is 0. The average Bonchev–Trinajstić information content (AvgIpc) is 3.24. The molecule has 166 valence electrons. The van der Waals surface area contributed by atoms with E-state index in [1.165, 1.54) is 18.2 Å². The van der Waals surface area contributed by atoms with E-state index in [2.05, 4.69) is 4.99 Å². The zero-order chi connectivity index (χ0) is 22.2. The predicted octanol–water partition coefficient (Wildman–Crippen LogP) is 4.61. The number of rotatable bonds is 4. The van der Waals surface area contributed by atoms with Gasteiger partial charge in [0.05, 0.1) is 23.2 Å². The molecule has 1 aliphatic carbocycles. The van der Waals surface area contributed by atoms with Crippen molar-refractivity contribution >= 4 is 17.5 Å². The number of aliphatic imine (C=N–C) groups is 1. The maximum Gasteiger partial charge on any atom is 0.416 e. The Morgan fingerprint density at radius 3 is 2.68 bits per heavy atom. The highest BCUT2D eigenvalue weighted by atomic mass is 19.4. The molecule has 0 unspecified atom stereocenters. The number of Topliss-reactive ketones (excluding diaryl/α,β-unsaturated/α-hetero) is 1. The van der Waals surface area contributed by atoms with Crippen molar-refractivity contribution in [2.75, 3.05) is 13.2 Å². The molecule has 1 saturated carbocycles. The van der Waals surface area contributed by atoms with Crippen LogP contribution in [-0.4, -0.2) is 36.8 Å². The van der Waals surface area contributed by atoms with Gasteiger partial charge >= 0.3 is 12.1 Å². The molecule has 0 amide bonds. The van der Waals surface area contributed by atoms with Gasteiger partial charge in [-0.1, -0.05) is 18.2 Å². The largest absolute Gasteiger partial charge is 0.460 e. The highest BCUT2D eigenvalue weighted by Crippen LogP contribution is 2.46. The van der Waals surface area contributed by atoms with Crippen molar-refractivity contribution in [3.8, 4) is 0 Å². The summed E-state index contributed by atoms with van der Waals surface area (Å²) in [5.74, 6) is -2.89. The second-order valence-corrected chi connectivity index (χ2v) is 8.20. The number of ether oxygens (including phenoxy) is 2. The van der Waals surface area contributed by atoms with E-state index in [0.29, 0.717) is 30.9 Å². The molecule has 8 heteroatoms.